The van der Waals surface area contributed by atoms with Crippen LogP contribution in [0.4, 0.5) is 43.9 Å². The first-order valence-electron chi connectivity index (χ1n) is 12.4. The van der Waals surface area contributed by atoms with Gasteiger partial charge in [0.2, 0.25) is 5.91 Å². The van der Waals surface area contributed by atoms with E-state index in [9.17, 15) is 49.1 Å². The van der Waals surface area contributed by atoms with Gasteiger partial charge in [0.05, 0.1) is 11.0 Å². The summed E-state index contributed by atoms with van der Waals surface area (Å²) in [5.74, 6) is -6.59. The average molecular weight is 632 g/mol. The van der Waals surface area contributed by atoms with Gasteiger partial charge in [0.1, 0.15) is 17.8 Å². The van der Waals surface area contributed by atoms with Gasteiger partial charge in [-0.15, -0.1) is 0 Å². The van der Waals surface area contributed by atoms with Crippen molar-refractivity contribution in [1.82, 2.24) is 5.32 Å². The zero-order valence-corrected chi connectivity index (χ0v) is 23.0. The number of hydrogen-bond donors (Lipinski definition) is 1. The van der Waals surface area contributed by atoms with Gasteiger partial charge in [-0.1, -0.05) is 35.9 Å². The van der Waals surface area contributed by atoms with Gasteiger partial charge >= 0.3 is 18.5 Å². The van der Waals surface area contributed by atoms with Crippen LogP contribution in [-0.4, -0.2) is 30.1 Å². The summed E-state index contributed by atoms with van der Waals surface area (Å²) in [6.07, 6.45) is -15.9. The van der Waals surface area contributed by atoms with Crippen LogP contribution in [0.1, 0.15) is 70.3 Å². The van der Waals surface area contributed by atoms with Crippen LogP contribution in [0.5, 0.6) is 0 Å². The molecule has 0 saturated heterocycles. The number of hydrogen-bond acceptors (Lipinski definition) is 2. The first-order chi connectivity index (χ1) is 19.1. The lowest BCUT2D eigenvalue weighted by molar-refractivity contribution is -0.159. The number of alkyl halides is 9. The lowest BCUT2D eigenvalue weighted by Gasteiger charge is -2.22. The lowest BCUT2D eigenvalue weighted by atomic mass is 9.90. The second-order valence-corrected chi connectivity index (χ2v) is 10.8. The zero-order valence-electron chi connectivity index (χ0n) is 22.2. The zero-order chi connectivity index (χ0) is 32.0. The molecule has 0 aliphatic heterocycles. The van der Waals surface area contributed by atoms with Gasteiger partial charge < -0.3 is 5.32 Å². The molecule has 14 heteroatoms. The van der Waals surface area contributed by atoms with Crippen LogP contribution < -0.4 is 5.32 Å². The first-order valence-corrected chi connectivity index (χ1v) is 12.8. The number of allylic oxidation sites excluding steroid dienone is 1. The molecule has 2 unspecified atom stereocenters. The average Bonchev–Trinajstić information content (AvgIpc) is 3.63. The largest absolute Gasteiger partial charge is 0.417 e. The summed E-state index contributed by atoms with van der Waals surface area (Å²) >= 11 is 6.00. The number of benzene rings is 2. The maximum Gasteiger partial charge on any atom is 0.417 e. The number of amides is 1. The van der Waals surface area contributed by atoms with E-state index >= 15 is 4.39 Å². The van der Waals surface area contributed by atoms with Gasteiger partial charge in [0.25, 0.3) is 0 Å². The molecule has 42 heavy (non-hydrogen) atoms. The Kier molecular flexibility index (Phi) is 9.18. The number of rotatable bonds is 8. The van der Waals surface area contributed by atoms with Crippen molar-refractivity contribution >= 4 is 29.1 Å². The molecule has 1 saturated carbocycles. The lowest BCUT2D eigenvalue weighted by Crippen LogP contribution is -2.46. The normalized spacial score (nSPS) is 17.0. The fourth-order valence-electron chi connectivity index (χ4n) is 4.42. The van der Waals surface area contributed by atoms with Gasteiger partial charge in [0, 0.05) is 22.6 Å². The molecule has 2 atom stereocenters. The minimum atomic E-state index is -5.26. The first kappa shape index (κ1) is 33.4. The topological polar surface area (TPSA) is 46.2 Å². The molecule has 1 aliphatic carbocycles. The predicted octanol–water partition coefficient (Wildman–Crippen LogP) is 9.05. The van der Waals surface area contributed by atoms with Gasteiger partial charge in [0.15, 0.2) is 5.78 Å². The third-order valence-electron chi connectivity index (χ3n) is 7.06. The van der Waals surface area contributed by atoms with E-state index < -0.39 is 82.1 Å². The van der Waals surface area contributed by atoms with Crippen molar-refractivity contribution < 1.29 is 53.5 Å². The summed E-state index contributed by atoms with van der Waals surface area (Å²) in [5.41, 5.74) is -5.06. The van der Waals surface area contributed by atoms with Crippen molar-refractivity contribution in [3.63, 3.8) is 0 Å². The number of ketones is 1. The Hall–Kier alpha value is -3.09. The molecule has 1 N–H and O–H groups in total. The summed E-state index contributed by atoms with van der Waals surface area (Å²) in [6.45, 7) is 3.53. The Morgan fingerprint density at radius 1 is 0.952 bits per heavy atom. The maximum atomic E-state index is 15.1. The Morgan fingerprint density at radius 2 is 1.50 bits per heavy atom. The SMILES string of the molecule is Cc1cc(C(/C=C(\F)c2ccc(C(=O)CC3(C(=O)NC(C)C(F)(F)F)CC3)c(C(F)(F)F)c2)C(F)(F)F)cc(C)c1Cl. The molecule has 3 nitrogen and oxygen atoms in total. The molecule has 0 aromatic heterocycles. The van der Waals surface area contributed by atoms with Crippen molar-refractivity contribution in [2.45, 2.75) is 70.5 Å². The van der Waals surface area contributed by atoms with E-state index in [1.54, 1.807) is 5.32 Å². The minimum absolute atomic E-state index is 0.0472. The van der Waals surface area contributed by atoms with E-state index in [0.29, 0.717) is 19.1 Å². The number of Topliss-reactive ketones (excluding diaryl/α,β-unsaturated/α-hetero) is 1. The number of carbonyl (C=O) groups excluding carboxylic acids is 2. The highest BCUT2D eigenvalue weighted by Crippen LogP contribution is 2.50. The molecule has 3 rings (SSSR count). The van der Waals surface area contributed by atoms with E-state index in [0.717, 1.165) is 12.1 Å². The molecule has 0 spiro atoms. The molecule has 1 amide bonds. The Balaban J connectivity index is 1.96. The molecule has 2 aromatic carbocycles. The van der Waals surface area contributed by atoms with E-state index in [2.05, 4.69) is 0 Å². The van der Waals surface area contributed by atoms with Crippen LogP contribution >= 0.6 is 11.6 Å². The van der Waals surface area contributed by atoms with E-state index in [4.69, 9.17) is 11.6 Å². The highest BCUT2D eigenvalue weighted by atomic mass is 35.5. The minimum Gasteiger partial charge on any atom is -0.344 e. The summed E-state index contributed by atoms with van der Waals surface area (Å²) in [4.78, 5) is 25.2. The summed E-state index contributed by atoms with van der Waals surface area (Å²) in [5, 5.41) is 1.90. The monoisotopic (exact) mass is 631 g/mol. The number of aryl methyl sites for hydroxylation is 2. The predicted molar refractivity (Wildman–Crippen MR) is 135 cm³/mol. The van der Waals surface area contributed by atoms with Gasteiger partial charge in [-0.25, -0.2) is 4.39 Å². The van der Waals surface area contributed by atoms with Crippen LogP contribution in [0.15, 0.2) is 36.4 Å². The fraction of sp³-hybridized carbons (Fsp3) is 0.429. The second-order valence-electron chi connectivity index (χ2n) is 10.4. The summed E-state index contributed by atoms with van der Waals surface area (Å²) < 4.78 is 137. The molecule has 1 fully saturated rings. The van der Waals surface area contributed by atoms with Crippen molar-refractivity contribution in [3.8, 4) is 0 Å². The Bertz CT molecular complexity index is 1380. The summed E-state index contributed by atoms with van der Waals surface area (Å²) in [6, 6.07) is 1.33. The summed E-state index contributed by atoms with van der Waals surface area (Å²) in [7, 11) is 0. The Morgan fingerprint density at radius 3 is 1.95 bits per heavy atom. The van der Waals surface area contributed by atoms with Crippen molar-refractivity contribution in [2.24, 2.45) is 5.41 Å². The molecule has 0 bridgehead atoms. The molecule has 1 aliphatic rings. The third kappa shape index (κ3) is 7.45. The standard InChI is InChI=1S/C28H24ClF10NO2/c1-13-8-17(9-14(2)23(13)29)19(27(34,35)36)11-21(30)16-4-5-18(20(10-16)28(37,38)39)22(41)12-25(6-7-25)24(42)40-15(3)26(31,32)33/h4-5,8-11,15,19H,6-7,12H2,1-3H3,(H,40,42)/b21-11-. The van der Waals surface area contributed by atoms with Crippen LogP contribution in [0.3, 0.4) is 0 Å². The van der Waals surface area contributed by atoms with Crippen LogP contribution in [0.25, 0.3) is 5.83 Å². The molecule has 2 aromatic rings. The molecular weight excluding hydrogens is 608 g/mol. The highest BCUT2D eigenvalue weighted by molar-refractivity contribution is 6.32. The van der Waals surface area contributed by atoms with Crippen LogP contribution in [0.2, 0.25) is 5.02 Å². The smallest absolute Gasteiger partial charge is 0.344 e. The fourth-order valence-corrected chi connectivity index (χ4v) is 4.53. The van der Waals surface area contributed by atoms with Gasteiger partial charge in [-0.3, -0.25) is 9.59 Å². The maximum absolute atomic E-state index is 15.1. The molecule has 230 valence electrons. The molecule has 0 heterocycles. The van der Waals surface area contributed by atoms with Crippen molar-refractivity contribution in [2.75, 3.05) is 0 Å². The van der Waals surface area contributed by atoms with E-state index in [1.807, 2.05) is 0 Å². The number of nitrogens with one attached hydrogen (secondary N) is 1. The molecule has 0 radical (unpaired) electrons. The van der Waals surface area contributed by atoms with Crippen molar-refractivity contribution in [1.29, 1.82) is 0 Å². The quantitative estimate of drug-likeness (QED) is 0.233. The van der Waals surface area contributed by atoms with Crippen LogP contribution in [-0.2, 0) is 11.0 Å². The molecular formula is C28H24ClF10NO2. The Labute approximate surface area is 238 Å². The van der Waals surface area contributed by atoms with E-state index in [-0.39, 0.29) is 41.1 Å². The number of halogens is 11. The van der Waals surface area contributed by atoms with Gasteiger partial charge in [-0.2, -0.15) is 39.5 Å². The van der Waals surface area contributed by atoms with Gasteiger partial charge in [-0.05, 0) is 62.4 Å². The van der Waals surface area contributed by atoms with Crippen LogP contribution in [0, 0.1) is 19.3 Å². The number of carbonyl (C=O) groups is 2. The van der Waals surface area contributed by atoms with E-state index in [1.165, 1.54) is 13.8 Å². The second kappa shape index (κ2) is 11.5. The third-order valence-corrected chi connectivity index (χ3v) is 7.65. The van der Waals surface area contributed by atoms with Crippen molar-refractivity contribution in [3.05, 3.63) is 74.8 Å². The highest BCUT2D eigenvalue weighted by Gasteiger charge is 2.53.